The lowest BCUT2D eigenvalue weighted by Gasteiger charge is -2.71. The molecule has 14 nitrogen and oxygen atoms in total. The summed E-state index contributed by atoms with van der Waals surface area (Å²) < 4.78 is 44.8. The van der Waals surface area contributed by atoms with Crippen LogP contribution in [0.15, 0.2) is 4.99 Å². The van der Waals surface area contributed by atoms with Gasteiger partial charge in [0.05, 0.1) is 52.1 Å². The van der Waals surface area contributed by atoms with Crippen LogP contribution in [0.4, 0.5) is 0 Å². The van der Waals surface area contributed by atoms with Crippen molar-refractivity contribution in [2.24, 2.45) is 28.7 Å². The smallest absolute Gasteiger partial charge is 0.311 e. The third kappa shape index (κ3) is 7.99. The lowest BCUT2D eigenvalue weighted by molar-refractivity contribution is -0.296. The number of aliphatic imine (C=N–C) groups is 1. The molecule has 18 atom stereocenters. The predicted octanol–water partition coefficient (Wildman–Crippen LogP) is 1.82. The standard InChI is InChI=1S/C39H74N4O10S/c1-16-27-39(10,48)32(44)22(4)29(40-11)20(2)18-37(8,47)34(54(15,49)35-30(42-54)26(43(12)13)17-21(3)41-35)23(5)31(24(6)36(46)52-27)53-28-19-38(9,50-14)33(45)25(7)51-28/h20-28,30-35,41,44-45,47-48H,16-19H2,1-15H3,(H,42,49)/b40-29+/t20-,21?,22+,23+,24-,25?,26?,27-,28?,30?,31+,32-,33?,34-,35?,37-,38?,39-/m1/s1. The highest BCUT2D eigenvalue weighted by Crippen LogP contribution is 2.53. The van der Waals surface area contributed by atoms with Gasteiger partial charge in [-0.05, 0) is 96.0 Å². The van der Waals surface area contributed by atoms with Crippen molar-refractivity contribution >= 4 is 20.9 Å². The van der Waals surface area contributed by atoms with Crippen LogP contribution in [0, 0.1) is 23.7 Å². The summed E-state index contributed by atoms with van der Waals surface area (Å²) in [6.07, 6.45) is -3.07. The molecule has 4 rings (SSSR count). The van der Waals surface area contributed by atoms with Crippen LogP contribution in [-0.2, 0) is 33.0 Å². The molecular weight excluding hydrogens is 717 g/mol. The van der Waals surface area contributed by atoms with Crippen molar-refractivity contribution in [3.05, 3.63) is 0 Å². The maximum atomic E-state index is 16.4. The lowest BCUT2D eigenvalue weighted by Crippen LogP contribution is -2.91. The number of ether oxygens (including phenoxy) is 4. The van der Waals surface area contributed by atoms with E-state index < -0.39 is 103 Å². The fraction of sp³-hybridized carbons (Fsp3) is 0.949. The monoisotopic (exact) mass is 791 g/mol. The number of hydrogen-bond acceptors (Lipinski definition) is 13. The highest BCUT2D eigenvalue weighted by Gasteiger charge is 2.69. The Morgan fingerprint density at radius 1 is 1.02 bits per heavy atom. The third-order valence-corrected chi connectivity index (χ3v) is 18.5. The Balaban J connectivity index is 1.94. The molecule has 0 spiro atoms. The second-order valence-corrected chi connectivity index (χ2v) is 22.6. The van der Waals surface area contributed by atoms with Crippen molar-refractivity contribution in [3.63, 3.8) is 0 Å². The van der Waals surface area contributed by atoms with Gasteiger partial charge in [-0.25, -0.2) is 4.72 Å². The molecule has 316 valence electrons. The van der Waals surface area contributed by atoms with E-state index in [4.69, 9.17) is 18.9 Å². The lowest BCUT2D eigenvalue weighted by atomic mass is 9.74. The van der Waals surface area contributed by atoms with Crippen LogP contribution in [0.25, 0.3) is 0 Å². The van der Waals surface area contributed by atoms with Crippen LogP contribution < -0.4 is 10.0 Å². The minimum Gasteiger partial charge on any atom is -0.459 e. The normalized spacial score (nSPS) is 51.9. The van der Waals surface area contributed by atoms with Crippen molar-refractivity contribution in [1.29, 1.82) is 0 Å². The largest absolute Gasteiger partial charge is 0.459 e. The van der Waals surface area contributed by atoms with Crippen molar-refractivity contribution in [2.45, 2.75) is 177 Å². The molecular formula is C39H74N4O10S. The van der Waals surface area contributed by atoms with Gasteiger partial charge in [0, 0.05) is 50.5 Å². The Bertz CT molecular complexity index is 1450. The molecule has 4 aliphatic heterocycles. The van der Waals surface area contributed by atoms with Crippen LogP contribution in [0.1, 0.15) is 94.9 Å². The number of hydrogen-bond donors (Lipinski definition) is 6. The van der Waals surface area contributed by atoms with E-state index in [1.165, 1.54) is 14.0 Å². The zero-order valence-corrected chi connectivity index (χ0v) is 36.3. The average molecular weight is 791 g/mol. The minimum atomic E-state index is -4.11. The number of methoxy groups -OCH3 is 1. The number of nitrogens with zero attached hydrogens (tertiary/aromatic N) is 2. The van der Waals surface area contributed by atoms with Crippen molar-refractivity contribution in [1.82, 2.24) is 14.9 Å². The number of aliphatic hydroxyl groups is 4. The van der Waals surface area contributed by atoms with Gasteiger partial charge < -0.3 is 44.3 Å². The van der Waals surface area contributed by atoms with E-state index >= 15 is 4.21 Å². The summed E-state index contributed by atoms with van der Waals surface area (Å²) in [5, 5.41) is 49.7. The van der Waals surface area contributed by atoms with Crippen LogP contribution in [0.2, 0.25) is 0 Å². The van der Waals surface area contributed by atoms with Crippen LogP contribution in [0.3, 0.4) is 0 Å². The Labute approximate surface area is 324 Å². The predicted molar refractivity (Wildman–Crippen MR) is 211 cm³/mol. The summed E-state index contributed by atoms with van der Waals surface area (Å²) in [7, 11) is 3.06. The van der Waals surface area contributed by atoms with Crippen molar-refractivity contribution in [2.75, 3.05) is 34.5 Å². The summed E-state index contributed by atoms with van der Waals surface area (Å²) in [4.78, 5) is 21.1. The second-order valence-electron chi connectivity index (χ2n) is 18.4. The summed E-state index contributed by atoms with van der Waals surface area (Å²) in [6, 6.07) is -0.0462. The Hall–Kier alpha value is -1.11. The van der Waals surface area contributed by atoms with Gasteiger partial charge in [0.2, 0.25) is 0 Å². The van der Waals surface area contributed by atoms with E-state index in [1.807, 2.05) is 27.9 Å². The van der Waals surface area contributed by atoms with E-state index in [-0.39, 0.29) is 37.4 Å². The molecule has 0 aromatic carbocycles. The third-order valence-electron chi connectivity index (χ3n) is 13.7. The summed E-state index contributed by atoms with van der Waals surface area (Å²) in [6.45, 7) is 17.7. The van der Waals surface area contributed by atoms with Gasteiger partial charge in [-0.15, -0.1) is 0 Å². The first kappa shape index (κ1) is 45.6. The van der Waals surface area contributed by atoms with E-state index in [9.17, 15) is 25.2 Å². The summed E-state index contributed by atoms with van der Waals surface area (Å²) in [5.41, 5.74) is -3.98. The maximum Gasteiger partial charge on any atom is 0.311 e. The number of nitrogens with one attached hydrogen (secondary N) is 2. The maximum absolute atomic E-state index is 16.4. The topological polar surface area (TPSA) is 192 Å². The molecule has 8 unspecified atom stereocenters. The van der Waals surface area contributed by atoms with Crippen LogP contribution >= 0.6 is 0 Å². The molecule has 0 aromatic heterocycles. The Morgan fingerprint density at radius 2 is 1.63 bits per heavy atom. The first-order valence-electron chi connectivity index (χ1n) is 19.9. The van der Waals surface area contributed by atoms with Gasteiger partial charge in [0.1, 0.15) is 17.8 Å². The minimum absolute atomic E-state index is 0.0407. The SMILES string of the molecule is CC[C@H]1OC(=O)[C@H](C)[C@@H](OC2CC(C)(OC)C(O)C(C)O2)[C@H](C)[C@@H](S2(C)(=O)NC3C(N(C)C)CC(C)NC32)[C@](C)(O)C[C@@H](C)/C(=N\C)[C@H](C)[C@@H](O)[C@]1(C)O. The van der Waals surface area contributed by atoms with Gasteiger partial charge in [0.15, 0.2) is 6.29 Å². The molecule has 4 heterocycles. The first-order valence-corrected chi connectivity index (χ1v) is 22.4. The van der Waals surface area contributed by atoms with E-state index in [1.54, 1.807) is 54.8 Å². The molecule has 0 amide bonds. The molecule has 4 fully saturated rings. The number of fused-ring (bicyclic) bond motifs is 1. The molecule has 4 saturated heterocycles. The number of rotatable bonds is 6. The Kier molecular flexibility index (Phi) is 13.4. The highest BCUT2D eigenvalue weighted by atomic mass is 32.3. The first-order chi connectivity index (χ1) is 24.7. The molecule has 6 N–H and O–H groups in total. The number of esters is 1. The van der Waals surface area contributed by atoms with Gasteiger partial charge in [-0.1, -0.05) is 27.7 Å². The number of aliphatic hydroxyl groups excluding tert-OH is 2. The Morgan fingerprint density at radius 3 is 2.17 bits per heavy atom. The van der Waals surface area contributed by atoms with Crippen molar-refractivity contribution in [3.8, 4) is 0 Å². The van der Waals surface area contributed by atoms with Crippen LogP contribution in [-0.4, -0.2) is 158 Å². The number of carbonyl (C=O) groups is 1. The molecule has 0 saturated carbocycles. The zero-order chi connectivity index (χ0) is 41.1. The second kappa shape index (κ2) is 15.9. The quantitative estimate of drug-likeness (QED) is 0.215. The fourth-order valence-electron chi connectivity index (χ4n) is 10.9. The highest BCUT2D eigenvalue weighted by molar-refractivity contribution is 8.20. The van der Waals surface area contributed by atoms with E-state index in [0.29, 0.717) is 5.71 Å². The molecule has 4 aliphatic rings. The fourth-order valence-corrected chi connectivity index (χ4v) is 16.4. The number of piperidine rings is 1. The molecule has 54 heavy (non-hydrogen) atoms. The molecule has 15 heteroatoms. The number of cyclic esters (lactones) is 1. The average Bonchev–Trinajstić information content (AvgIpc) is 3.07. The van der Waals surface area contributed by atoms with E-state index in [0.717, 1.165) is 6.42 Å². The molecule has 0 aromatic rings. The number of carbonyl (C=O) groups excluding carboxylic acids is 1. The van der Waals surface area contributed by atoms with Gasteiger partial charge >= 0.3 is 5.97 Å². The van der Waals surface area contributed by atoms with Gasteiger partial charge in [0.25, 0.3) is 0 Å². The number of likely N-dealkylation sites (N-methyl/N-ethyl adjacent to an activating group) is 1. The molecule has 0 aliphatic carbocycles. The summed E-state index contributed by atoms with van der Waals surface area (Å²) >= 11 is 0. The zero-order valence-electron chi connectivity index (χ0n) is 35.5. The van der Waals surface area contributed by atoms with Crippen LogP contribution in [0.5, 0.6) is 0 Å². The summed E-state index contributed by atoms with van der Waals surface area (Å²) in [5.74, 6) is -3.58. The molecule has 0 bridgehead atoms. The molecule has 0 radical (unpaired) electrons. The van der Waals surface area contributed by atoms with E-state index in [2.05, 4.69) is 26.9 Å². The van der Waals surface area contributed by atoms with Crippen molar-refractivity contribution < 1.29 is 48.4 Å². The van der Waals surface area contributed by atoms with Gasteiger partial charge in [-0.2, -0.15) is 0 Å². The van der Waals surface area contributed by atoms with Gasteiger partial charge in [-0.3, -0.25) is 19.3 Å².